The van der Waals surface area contributed by atoms with Gasteiger partial charge < -0.3 is 14.8 Å². The number of nitrogens with one attached hydrogen (secondary N) is 1. The lowest BCUT2D eigenvalue weighted by Crippen LogP contribution is -2.33. The average molecular weight is 270 g/mol. The van der Waals surface area contributed by atoms with Crippen molar-refractivity contribution in [2.24, 2.45) is 0 Å². The zero-order valence-electron chi connectivity index (χ0n) is 12.0. The fourth-order valence-corrected chi connectivity index (χ4v) is 2.63. The van der Waals surface area contributed by atoms with Gasteiger partial charge in [0.15, 0.2) is 0 Å². The largest absolute Gasteiger partial charge is 0.362 e. The average Bonchev–Trinajstić information content (AvgIpc) is 2.96. The maximum absolute atomic E-state index is 4.41. The van der Waals surface area contributed by atoms with Crippen LogP contribution in [0.1, 0.15) is 24.7 Å². The van der Waals surface area contributed by atoms with E-state index in [0.29, 0.717) is 0 Å². The molecule has 1 aromatic carbocycles. The van der Waals surface area contributed by atoms with E-state index >= 15 is 0 Å². The minimum Gasteiger partial charge on any atom is -0.362 e. The summed E-state index contributed by atoms with van der Waals surface area (Å²) in [5.74, 6) is 1.16. The summed E-state index contributed by atoms with van der Waals surface area (Å²) in [6, 6.07) is 8.89. The summed E-state index contributed by atoms with van der Waals surface area (Å²) in [4.78, 5) is 6.81. The van der Waals surface area contributed by atoms with Crippen LogP contribution in [-0.4, -0.2) is 22.6 Å². The van der Waals surface area contributed by atoms with Gasteiger partial charge in [-0.05, 0) is 30.7 Å². The summed E-state index contributed by atoms with van der Waals surface area (Å²) in [5.41, 5.74) is 2.64. The molecule has 20 heavy (non-hydrogen) atoms. The van der Waals surface area contributed by atoms with Crippen molar-refractivity contribution >= 4 is 5.69 Å². The zero-order chi connectivity index (χ0) is 13.8. The van der Waals surface area contributed by atoms with Gasteiger partial charge in [0.2, 0.25) is 0 Å². The van der Waals surface area contributed by atoms with E-state index in [4.69, 9.17) is 0 Å². The summed E-state index contributed by atoms with van der Waals surface area (Å²) in [6.45, 7) is 7.21. The second-order valence-electron chi connectivity index (χ2n) is 5.30. The Balaban J connectivity index is 1.63. The molecule has 0 saturated heterocycles. The standard InChI is InChI=1S/C16H22N4/c1-2-7-17-12-14-3-5-15(6-4-14)20-11-10-19-9-8-18-16(19)13-20/h3-6,8-9,17H,2,7,10-13H2,1H3. The quantitative estimate of drug-likeness (QED) is 0.847. The van der Waals surface area contributed by atoms with E-state index in [-0.39, 0.29) is 0 Å². The zero-order valence-corrected chi connectivity index (χ0v) is 12.0. The van der Waals surface area contributed by atoms with Crippen molar-refractivity contribution < 1.29 is 0 Å². The molecular formula is C16H22N4. The minimum absolute atomic E-state index is 0.903. The number of benzene rings is 1. The van der Waals surface area contributed by atoms with Gasteiger partial charge in [-0.3, -0.25) is 0 Å². The number of nitrogens with zero attached hydrogens (tertiary/aromatic N) is 3. The van der Waals surface area contributed by atoms with Gasteiger partial charge in [0, 0.05) is 37.7 Å². The van der Waals surface area contributed by atoms with Gasteiger partial charge in [0.1, 0.15) is 5.82 Å². The number of rotatable bonds is 5. The predicted molar refractivity (Wildman–Crippen MR) is 81.7 cm³/mol. The molecule has 0 amide bonds. The molecule has 0 fully saturated rings. The summed E-state index contributed by atoms with van der Waals surface area (Å²) in [5, 5.41) is 3.43. The highest BCUT2D eigenvalue weighted by Gasteiger charge is 2.16. The topological polar surface area (TPSA) is 33.1 Å². The van der Waals surface area contributed by atoms with Crippen molar-refractivity contribution in [3.05, 3.63) is 48.0 Å². The van der Waals surface area contributed by atoms with Crippen LogP contribution in [0.15, 0.2) is 36.7 Å². The Kier molecular flexibility index (Phi) is 4.02. The number of anilines is 1. The molecule has 0 unspecified atom stereocenters. The van der Waals surface area contributed by atoms with E-state index in [2.05, 4.69) is 57.2 Å². The lowest BCUT2D eigenvalue weighted by Gasteiger charge is -2.29. The Morgan fingerprint density at radius 1 is 1.20 bits per heavy atom. The first-order valence-electron chi connectivity index (χ1n) is 7.41. The maximum Gasteiger partial charge on any atom is 0.128 e. The van der Waals surface area contributed by atoms with Gasteiger partial charge in [0.05, 0.1) is 6.54 Å². The van der Waals surface area contributed by atoms with E-state index in [0.717, 1.165) is 38.5 Å². The molecule has 2 aromatic rings. The van der Waals surface area contributed by atoms with Crippen LogP contribution < -0.4 is 10.2 Å². The lowest BCUT2D eigenvalue weighted by molar-refractivity contribution is 0.560. The molecule has 0 radical (unpaired) electrons. The van der Waals surface area contributed by atoms with E-state index < -0.39 is 0 Å². The van der Waals surface area contributed by atoms with Crippen LogP contribution in [0.4, 0.5) is 5.69 Å². The van der Waals surface area contributed by atoms with E-state index in [1.54, 1.807) is 0 Å². The second-order valence-corrected chi connectivity index (χ2v) is 5.30. The number of hydrogen-bond donors (Lipinski definition) is 1. The van der Waals surface area contributed by atoms with Gasteiger partial charge in [0.25, 0.3) is 0 Å². The SMILES string of the molecule is CCCNCc1ccc(N2CCn3ccnc3C2)cc1. The smallest absolute Gasteiger partial charge is 0.128 e. The minimum atomic E-state index is 0.903. The number of imidazole rings is 1. The van der Waals surface area contributed by atoms with Crippen LogP contribution in [0.2, 0.25) is 0 Å². The third-order valence-corrected chi connectivity index (χ3v) is 3.80. The number of fused-ring (bicyclic) bond motifs is 1. The van der Waals surface area contributed by atoms with Crippen LogP contribution in [-0.2, 0) is 19.6 Å². The van der Waals surface area contributed by atoms with Crippen molar-refractivity contribution in [2.75, 3.05) is 18.0 Å². The number of aromatic nitrogens is 2. The Bertz CT molecular complexity index is 544. The molecule has 4 nitrogen and oxygen atoms in total. The highest BCUT2D eigenvalue weighted by Crippen LogP contribution is 2.20. The van der Waals surface area contributed by atoms with Crippen LogP contribution in [0.25, 0.3) is 0 Å². The summed E-state index contributed by atoms with van der Waals surface area (Å²) in [6.07, 6.45) is 5.13. The summed E-state index contributed by atoms with van der Waals surface area (Å²) < 4.78 is 2.24. The molecule has 106 valence electrons. The molecule has 4 heteroatoms. The van der Waals surface area contributed by atoms with Crippen LogP contribution in [0.3, 0.4) is 0 Å². The van der Waals surface area contributed by atoms with Gasteiger partial charge in [-0.2, -0.15) is 0 Å². The molecule has 0 saturated carbocycles. The summed E-state index contributed by atoms with van der Waals surface area (Å²) >= 11 is 0. The summed E-state index contributed by atoms with van der Waals surface area (Å²) in [7, 11) is 0. The van der Waals surface area contributed by atoms with Crippen molar-refractivity contribution in [3.8, 4) is 0 Å². The van der Waals surface area contributed by atoms with E-state index in [9.17, 15) is 0 Å². The van der Waals surface area contributed by atoms with Crippen LogP contribution >= 0.6 is 0 Å². The highest BCUT2D eigenvalue weighted by molar-refractivity contribution is 5.48. The van der Waals surface area contributed by atoms with Gasteiger partial charge in [-0.15, -0.1) is 0 Å². The molecule has 1 N–H and O–H groups in total. The van der Waals surface area contributed by atoms with Crippen LogP contribution in [0, 0.1) is 0 Å². The number of hydrogen-bond acceptors (Lipinski definition) is 3. The molecule has 1 aromatic heterocycles. The van der Waals surface area contributed by atoms with Crippen molar-refractivity contribution in [3.63, 3.8) is 0 Å². The Morgan fingerprint density at radius 3 is 2.85 bits per heavy atom. The fraction of sp³-hybridized carbons (Fsp3) is 0.438. The first-order chi connectivity index (χ1) is 9.86. The van der Waals surface area contributed by atoms with Crippen molar-refractivity contribution in [2.45, 2.75) is 33.0 Å². The van der Waals surface area contributed by atoms with Gasteiger partial charge in [-0.25, -0.2) is 4.98 Å². The Labute approximate surface area is 120 Å². The molecule has 0 spiro atoms. The normalized spacial score (nSPS) is 14.3. The molecule has 2 heterocycles. The molecular weight excluding hydrogens is 248 g/mol. The maximum atomic E-state index is 4.41. The van der Waals surface area contributed by atoms with Crippen LogP contribution in [0.5, 0.6) is 0 Å². The Morgan fingerprint density at radius 2 is 2.05 bits per heavy atom. The van der Waals surface area contributed by atoms with Crippen molar-refractivity contribution in [1.82, 2.24) is 14.9 Å². The predicted octanol–water partition coefficient (Wildman–Crippen LogP) is 2.40. The van der Waals surface area contributed by atoms with Gasteiger partial charge in [-0.1, -0.05) is 19.1 Å². The molecule has 3 rings (SSSR count). The first-order valence-corrected chi connectivity index (χ1v) is 7.41. The molecule has 1 aliphatic rings. The lowest BCUT2D eigenvalue weighted by atomic mass is 10.2. The van der Waals surface area contributed by atoms with E-state index in [1.165, 1.54) is 17.7 Å². The fourth-order valence-electron chi connectivity index (χ4n) is 2.63. The van der Waals surface area contributed by atoms with Gasteiger partial charge >= 0.3 is 0 Å². The monoisotopic (exact) mass is 270 g/mol. The highest BCUT2D eigenvalue weighted by atomic mass is 15.2. The molecule has 0 aliphatic carbocycles. The second kappa shape index (κ2) is 6.09. The first kappa shape index (κ1) is 13.2. The Hall–Kier alpha value is -1.81. The molecule has 0 atom stereocenters. The molecule has 0 bridgehead atoms. The van der Waals surface area contributed by atoms with Crippen molar-refractivity contribution in [1.29, 1.82) is 0 Å². The third kappa shape index (κ3) is 2.85. The van der Waals surface area contributed by atoms with E-state index in [1.807, 2.05) is 6.20 Å². The third-order valence-electron chi connectivity index (χ3n) is 3.80. The molecule has 1 aliphatic heterocycles.